The molecule has 21 heavy (non-hydrogen) atoms. The molecule has 0 unspecified atom stereocenters. The molecule has 0 aliphatic heterocycles. The van der Waals surface area contributed by atoms with Crippen LogP contribution in [-0.4, -0.2) is 16.3 Å². The van der Waals surface area contributed by atoms with Crippen molar-refractivity contribution in [3.05, 3.63) is 34.3 Å². The van der Waals surface area contributed by atoms with Gasteiger partial charge in [0.2, 0.25) is 0 Å². The molecule has 1 aromatic heterocycles. The summed E-state index contributed by atoms with van der Waals surface area (Å²) in [6, 6.07) is 7.67. The lowest BCUT2D eigenvalue weighted by Gasteiger charge is -2.05. The summed E-state index contributed by atoms with van der Waals surface area (Å²) in [5.74, 6) is 0.830. The van der Waals surface area contributed by atoms with Gasteiger partial charge in [0.05, 0.1) is 5.69 Å². The zero-order chi connectivity index (χ0) is 15.4. The Labute approximate surface area is 129 Å². The van der Waals surface area contributed by atoms with E-state index < -0.39 is 0 Å². The minimum atomic E-state index is 0.316. The van der Waals surface area contributed by atoms with Gasteiger partial charge in [0.15, 0.2) is 5.82 Å². The van der Waals surface area contributed by atoms with Crippen LogP contribution in [-0.2, 0) is 0 Å². The molecule has 0 spiro atoms. The number of nitrogen functional groups attached to an aromatic ring is 1. The van der Waals surface area contributed by atoms with Crippen molar-refractivity contribution in [3.63, 3.8) is 0 Å². The summed E-state index contributed by atoms with van der Waals surface area (Å²) in [5, 5.41) is 17.5. The minimum absolute atomic E-state index is 0.316. The van der Waals surface area contributed by atoms with Gasteiger partial charge in [0.25, 0.3) is 0 Å². The fraction of sp³-hybridized carbons (Fsp3) is 0.333. The van der Waals surface area contributed by atoms with E-state index in [0.717, 1.165) is 30.6 Å². The molecule has 1 heterocycles. The number of rotatable bonds is 5. The van der Waals surface area contributed by atoms with Crippen LogP contribution < -0.4 is 11.1 Å². The van der Waals surface area contributed by atoms with E-state index in [2.05, 4.69) is 23.4 Å². The Kier molecular flexibility index (Phi) is 4.71. The fourth-order valence-corrected chi connectivity index (χ4v) is 2.13. The van der Waals surface area contributed by atoms with Gasteiger partial charge in [-0.05, 0) is 31.0 Å². The third-order valence-electron chi connectivity index (χ3n) is 3.26. The Hall–Kier alpha value is -2.19. The summed E-state index contributed by atoms with van der Waals surface area (Å²) >= 11 is 6.14. The molecule has 110 valence electrons. The van der Waals surface area contributed by atoms with Crippen molar-refractivity contribution in [2.24, 2.45) is 0 Å². The number of benzene rings is 1. The highest BCUT2D eigenvalue weighted by atomic mass is 35.5. The van der Waals surface area contributed by atoms with Gasteiger partial charge in [0.1, 0.15) is 17.5 Å². The number of hydrogen-bond donors (Lipinski definition) is 2. The number of unbranched alkanes of at least 4 members (excludes halogenated alkanes) is 1. The second-order valence-corrected chi connectivity index (χ2v) is 5.25. The molecular weight excluding hydrogens is 286 g/mol. The van der Waals surface area contributed by atoms with Crippen LogP contribution in [0.5, 0.6) is 0 Å². The number of nitrogens with zero attached hydrogens (tertiary/aromatic N) is 3. The second kappa shape index (κ2) is 6.51. The van der Waals surface area contributed by atoms with Gasteiger partial charge in [0, 0.05) is 11.6 Å². The molecule has 0 saturated carbocycles. The number of aromatic nitrogens is 2. The Morgan fingerprint density at radius 2 is 2.24 bits per heavy atom. The largest absolute Gasteiger partial charge is 0.382 e. The molecule has 5 nitrogen and oxygen atoms in total. The topological polar surface area (TPSA) is 79.7 Å². The normalized spacial score (nSPS) is 10.4. The third kappa shape index (κ3) is 3.11. The predicted molar refractivity (Wildman–Crippen MR) is 85.8 cm³/mol. The Morgan fingerprint density at radius 3 is 2.86 bits per heavy atom. The number of hydrogen-bond acceptors (Lipinski definition) is 4. The SMILES string of the molecule is CCCCNc1nn(-c2ccc(C)c(Cl)c2)c(N)c1C#N. The molecule has 0 aliphatic rings. The highest BCUT2D eigenvalue weighted by Gasteiger charge is 2.16. The summed E-state index contributed by atoms with van der Waals surface area (Å²) in [5.41, 5.74) is 8.12. The molecule has 0 saturated heterocycles. The van der Waals surface area contributed by atoms with Crippen LogP contribution in [0.25, 0.3) is 5.69 Å². The lowest BCUT2D eigenvalue weighted by Crippen LogP contribution is -2.04. The van der Waals surface area contributed by atoms with E-state index in [1.807, 2.05) is 19.1 Å². The van der Waals surface area contributed by atoms with Crippen LogP contribution in [0, 0.1) is 18.3 Å². The van der Waals surface area contributed by atoms with Gasteiger partial charge in [-0.3, -0.25) is 0 Å². The van der Waals surface area contributed by atoms with Crippen LogP contribution in [0.1, 0.15) is 30.9 Å². The average molecular weight is 304 g/mol. The second-order valence-electron chi connectivity index (χ2n) is 4.85. The monoisotopic (exact) mass is 303 g/mol. The number of anilines is 2. The molecule has 1 aromatic carbocycles. The molecule has 0 bridgehead atoms. The van der Waals surface area contributed by atoms with Crippen LogP contribution >= 0.6 is 11.6 Å². The lowest BCUT2D eigenvalue weighted by molar-refractivity contribution is 0.822. The lowest BCUT2D eigenvalue weighted by atomic mass is 10.2. The average Bonchev–Trinajstić information content (AvgIpc) is 2.78. The van der Waals surface area contributed by atoms with E-state index in [1.165, 1.54) is 4.68 Å². The molecule has 0 atom stereocenters. The van der Waals surface area contributed by atoms with Crippen molar-refractivity contribution >= 4 is 23.2 Å². The highest BCUT2D eigenvalue weighted by molar-refractivity contribution is 6.31. The predicted octanol–water partition coefficient (Wildman–Crippen LogP) is 3.50. The van der Waals surface area contributed by atoms with E-state index in [-0.39, 0.29) is 0 Å². The number of nitrogens with two attached hydrogens (primary N) is 1. The van der Waals surface area contributed by atoms with Gasteiger partial charge in [-0.25, -0.2) is 4.68 Å². The van der Waals surface area contributed by atoms with Crippen molar-refractivity contribution in [2.75, 3.05) is 17.6 Å². The molecule has 2 rings (SSSR count). The molecule has 6 heteroatoms. The maximum absolute atomic E-state index is 9.27. The zero-order valence-electron chi connectivity index (χ0n) is 12.2. The molecule has 3 N–H and O–H groups in total. The minimum Gasteiger partial charge on any atom is -0.382 e. The fourth-order valence-electron chi connectivity index (χ4n) is 1.96. The Balaban J connectivity index is 2.40. The molecule has 0 amide bonds. The molecular formula is C15H18ClN5. The zero-order valence-corrected chi connectivity index (χ0v) is 12.9. The van der Waals surface area contributed by atoms with E-state index >= 15 is 0 Å². The maximum Gasteiger partial charge on any atom is 0.168 e. The first-order valence-corrected chi connectivity index (χ1v) is 7.25. The Morgan fingerprint density at radius 1 is 1.48 bits per heavy atom. The van der Waals surface area contributed by atoms with Gasteiger partial charge in [-0.2, -0.15) is 5.26 Å². The first kappa shape index (κ1) is 15.2. The molecule has 2 aromatic rings. The van der Waals surface area contributed by atoms with Crippen molar-refractivity contribution in [3.8, 4) is 11.8 Å². The standard InChI is InChI=1S/C15H18ClN5/c1-3-4-7-19-15-12(9-17)14(18)21(20-15)11-6-5-10(2)13(16)8-11/h5-6,8H,3-4,7,18H2,1-2H3,(H,19,20). The van der Waals surface area contributed by atoms with E-state index in [0.29, 0.717) is 22.2 Å². The van der Waals surface area contributed by atoms with Crippen molar-refractivity contribution in [1.82, 2.24) is 9.78 Å². The van der Waals surface area contributed by atoms with Crippen LogP contribution in [0.2, 0.25) is 5.02 Å². The number of halogens is 1. The van der Waals surface area contributed by atoms with Gasteiger partial charge >= 0.3 is 0 Å². The van der Waals surface area contributed by atoms with Crippen molar-refractivity contribution in [2.45, 2.75) is 26.7 Å². The van der Waals surface area contributed by atoms with Crippen molar-refractivity contribution in [1.29, 1.82) is 5.26 Å². The number of nitrogens with one attached hydrogen (secondary N) is 1. The van der Waals surface area contributed by atoms with E-state index in [1.54, 1.807) is 6.07 Å². The summed E-state index contributed by atoms with van der Waals surface area (Å²) in [4.78, 5) is 0. The summed E-state index contributed by atoms with van der Waals surface area (Å²) in [6.45, 7) is 4.79. The van der Waals surface area contributed by atoms with Crippen LogP contribution in [0.15, 0.2) is 18.2 Å². The number of nitriles is 1. The van der Waals surface area contributed by atoms with E-state index in [4.69, 9.17) is 17.3 Å². The smallest absolute Gasteiger partial charge is 0.168 e. The third-order valence-corrected chi connectivity index (χ3v) is 3.66. The molecule has 0 aliphatic carbocycles. The van der Waals surface area contributed by atoms with Crippen LogP contribution in [0.4, 0.5) is 11.6 Å². The summed E-state index contributed by atoms with van der Waals surface area (Å²) < 4.78 is 1.54. The maximum atomic E-state index is 9.27. The first-order valence-electron chi connectivity index (χ1n) is 6.87. The quantitative estimate of drug-likeness (QED) is 0.828. The van der Waals surface area contributed by atoms with Crippen LogP contribution in [0.3, 0.4) is 0 Å². The summed E-state index contributed by atoms with van der Waals surface area (Å²) in [7, 11) is 0. The molecule has 0 radical (unpaired) electrons. The van der Waals surface area contributed by atoms with Gasteiger partial charge < -0.3 is 11.1 Å². The first-order chi connectivity index (χ1) is 10.1. The Bertz CT molecular complexity index is 684. The van der Waals surface area contributed by atoms with Gasteiger partial charge in [-0.15, -0.1) is 5.10 Å². The van der Waals surface area contributed by atoms with Gasteiger partial charge in [-0.1, -0.05) is 31.0 Å². The number of aryl methyl sites for hydroxylation is 1. The summed E-state index contributed by atoms with van der Waals surface area (Å²) in [6.07, 6.45) is 2.08. The molecule has 0 fully saturated rings. The van der Waals surface area contributed by atoms with Crippen molar-refractivity contribution < 1.29 is 0 Å². The highest BCUT2D eigenvalue weighted by Crippen LogP contribution is 2.26. The van der Waals surface area contributed by atoms with E-state index in [9.17, 15) is 5.26 Å².